The summed E-state index contributed by atoms with van der Waals surface area (Å²) >= 11 is 0. The molecule has 0 saturated carbocycles. The van der Waals surface area contributed by atoms with E-state index in [0.29, 0.717) is 12.1 Å². The van der Waals surface area contributed by atoms with Crippen LogP contribution in [0.25, 0.3) is 0 Å². The molecule has 7 nitrogen and oxygen atoms in total. The minimum Gasteiger partial charge on any atom is -0.475 e. The third-order valence-corrected chi connectivity index (χ3v) is 3.00. The number of alkyl halides is 3. The first-order valence-electron chi connectivity index (χ1n) is 6.18. The molecular formula is C11H16F3N3O4. The summed E-state index contributed by atoms with van der Waals surface area (Å²) in [5, 5.41) is 16.8. The number of amides is 1. The van der Waals surface area contributed by atoms with Crippen LogP contribution < -0.4 is 10.6 Å². The third-order valence-electron chi connectivity index (χ3n) is 3.00. The molecule has 0 aromatic carbocycles. The summed E-state index contributed by atoms with van der Waals surface area (Å²) in [5.74, 6) is -2.89. The van der Waals surface area contributed by atoms with Gasteiger partial charge in [0, 0.05) is 20.0 Å². The largest absolute Gasteiger partial charge is 0.490 e. The van der Waals surface area contributed by atoms with Crippen molar-refractivity contribution < 1.29 is 32.7 Å². The second-order valence-corrected chi connectivity index (χ2v) is 4.65. The van der Waals surface area contributed by atoms with Gasteiger partial charge >= 0.3 is 12.1 Å². The van der Waals surface area contributed by atoms with E-state index in [2.05, 4.69) is 15.8 Å². The number of carbonyl (C=O) groups is 2. The molecule has 1 atom stereocenters. The van der Waals surface area contributed by atoms with Crippen molar-refractivity contribution in [1.82, 2.24) is 10.6 Å². The summed E-state index contributed by atoms with van der Waals surface area (Å²) < 4.78 is 31.7. The number of carbonyl (C=O) groups excluding carboxylic acids is 1. The molecular weight excluding hydrogens is 295 g/mol. The number of rotatable bonds is 1. The van der Waals surface area contributed by atoms with Gasteiger partial charge in [0.15, 0.2) is 5.60 Å². The van der Waals surface area contributed by atoms with E-state index in [4.69, 9.17) is 14.7 Å². The molecule has 1 spiro atoms. The highest BCUT2D eigenvalue weighted by atomic mass is 19.4. The van der Waals surface area contributed by atoms with E-state index < -0.39 is 12.1 Å². The lowest BCUT2D eigenvalue weighted by atomic mass is 9.89. The predicted octanol–water partition coefficient (Wildman–Crippen LogP) is 0.264. The molecule has 0 radical (unpaired) electrons. The zero-order valence-electron chi connectivity index (χ0n) is 11.3. The van der Waals surface area contributed by atoms with Gasteiger partial charge in [-0.2, -0.15) is 13.2 Å². The van der Waals surface area contributed by atoms with Crippen molar-refractivity contribution in [3.63, 3.8) is 0 Å². The molecule has 0 bridgehead atoms. The Morgan fingerprint density at radius 2 is 2.10 bits per heavy atom. The Bertz CT molecular complexity index is 431. The minimum atomic E-state index is -5.08. The van der Waals surface area contributed by atoms with Gasteiger partial charge in [0.2, 0.25) is 0 Å². The minimum absolute atomic E-state index is 0.132. The van der Waals surface area contributed by atoms with E-state index in [1.54, 1.807) is 7.05 Å². The lowest BCUT2D eigenvalue weighted by Gasteiger charge is -2.30. The van der Waals surface area contributed by atoms with E-state index in [9.17, 15) is 18.0 Å². The maximum atomic E-state index is 11.3. The number of halogens is 3. The van der Waals surface area contributed by atoms with Gasteiger partial charge in [-0.3, -0.25) is 4.79 Å². The number of aliphatic carboxylic acids is 1. The molecule has 2 aliphatic heterocycles. The molecule has 0 aromatic heterocycles. The molecule has 1 fully saturated rings. The maximum absolute atomic E-state index is 11.3. The zero-order chi connectivity index (χ0) is 16.1. The fourth-order valence-electron chi connectivity index (χ4n) is 1.96. The van der Waals surface area contributed by atoms with Gasteiger partial charge in [0.1, 0.15) is 5.71 Å². The van der Waals surface area contributed by atoms with Gasteiger partial charge in [0.05, 0.1) is 0 Å². The van der Waals surface area contributed by atoms with Gasteiger partial charge in [-0.05, 0) is 19.4 Å². The van der Waals surface area contributed by atoms with Crippen molar-refractivity contribution in [1.29, 1.82) is 0 Å². The number of hydrogen-bond acceptors (Lipinski definition) is 5. The van der Waals surface area contributed by atoms with Crippen LogP contribution in [0.15, 0.2) is 5.16 Å². The maximum Gasteiger partial charge on any atom is 0.490 e. The summed E-state index contributed by atoms with van der Waals surface area (Å²) in [6.45, 7) is 1.82. The van der Waals surface area contributed by atoms with Crippen LogP contribution in [0.2, 0.25) is 0 Å². The molecule has 2 rings (SSSR count). The Labute approximate surface area is 118 Å². The van der Waals surface area contributed by atoms with E-state index in [1.807, 2.05) is 0 Å². The van der Waals surface area contributed by atoms with Gasteiger partial charge in [-0.15, -0.1) is 0 Å². The van der Waals surface area contributed by atoms with Crippen LogP contribution in [0.4, 0.5) is 13.2 Å². The third kappa shape index (κ3) is 4.88. The number of nitrogens with zero attached hydrogens (tertiary/aromatic N) is 1. The number of piperidine rings is 1. The Morgan fingerprint density at radius 1 is 1.48 bits per heavy atom. The van der Waals surface area contributed by atoms with Gasteiger partial charge in [-0.25, -0.2) is 4.79 Å². The normalized spacial score (nSPS) is 24.5. The van der Waals surface area contributed by atoms with Crippen LogP contribution in [0, 0.1) is 0 Å². The molecule has 120 valence electrons. The first-order chi connectivity index (χ1) is 9.70. The standard InChI is InChI=1S/C9H15N3O2.C2HF3O2/c1-10-8(13)7-5-9(14-12-7)3-2-4-11-6-9;3-2(4,5)1(6)7/h11H,2-6H2,1H3,(H,10,13);(H,6,7). The Hall–Kier alpha value is -1.84. The molecule has 21 heavy (non-hydrogen) atoms. The van der Waals surface area contributed by atoms with E-state index in [1.165, 1.54) is 0 Å². The predicted molar refractivity (Wildman–Crippen MR) is 65.7 cm³/mol. The lowest BCUT2D eigenvalue weighted by molar-refractivity contribution is -0.192. The SMILES string of the molecule is CNC(=O)C1=NOC2(CCCNC2)C1.O=C(O)C(F)(F)F. The van der Waals surface area contributed by atoms with Crippen LogP contribution in [0.3, 0.4) is 0 Å². The zero-order valence-corrected chi connectivity index (χ0v) is 11.3. The Morgan fingerprint density at radius 3 is 2.52 bits per heavy atom. The summed E-state index contributed by atoms with van der Waals surface area (Å²) in [6, 6.07) is 0. The van der Waals surface area contributed by atoms with Crippen LogP contribution >= 0.6 is 0 Å². The first kappa shape index (κ1) is 17.2. The van der Waals surface area contributed by atoms with Crippen LogP contribution in [-0.2, 0) is 14.4 Å². The van der Waals surface area contributed by atoms with Crippen LogP contribution in [0.5, 0.6) is 0 Å². The van der Waals surface area contributed by atoms with Crippen LogP contribution in [0.1, 0.15) is 19.3 Å². The highest BCUT2D eigenvalue weighted by Crippen LogP contribution is 2.30. The molecule has 2 heterocycles. The second kappa shape index (κ2) is 6.74. The van der Waals surface area contributed by atoms with Crippen molar-refractivity contribution in [2.75, 3.05) is 20.1 Å². The molecule has 10 heteroatoms. The van der Waals surface area contributed by atoms with Crippen molar-refractivity contribution in [2.45, 2.75) is 31.0 Å². The fraction of sp³-hybridized carbons (Fsp3) is 0.727. The molecule has 1 saturated heterocycles. The second-order valence-electron chi connectivity index (χ2n) is 4.65. The molecule has 0 aromatic rings. The Kier molecular flexibility index (Phi) is 5.53. The van der Waals surface area contributed by atoms with Crippen molar-refractivity contribution in [3.05, 3.63) is 0 Å². The molecule has 2 aliphatic rings. The highest BCUT2D eigenvalue weighted by molar-refractivity contribution is 6.39. The summed E-state index contributed by atoms with van der Waals surface area (Å²) in [6.07, 6.45) is -2.40. The number of hydrogen-bond donors (Lipinski definition) is 3. The monoisotopic (exact) mass is 311 g/mol. The van der Waals surface area contributed by atoms with Gasteiger partial charge in [0.25, 0.3) is 5.91 Å². The van der Waals surface area contributed by atoms with Crippen molar-refractivity contribution >= 4 is 17.6 Å². The quantitative estimate of drug-likeness (QED) is 0.645. The summed E-state index contributed by atoms with van der Waals surface area (Å²) in [5.41, 5.74) is 0.260. The fourth-order valence-corrected chi connectivity index (χ4v) is 1.96. The molecule has 1 amide bonds. The average molecular weight is 311 g/mol. The van der Waals surface area contributed by atoms with Crippen LogP contribution in [-0.4, -0.2) is 54.6 Å². The van der Waals surface area contributed by atoms with E-state index in [0.717, 1.165) is 25.9 Å². The lowest BCUT2D eigenvalue weighted by Crippen LogP contribution is -2.46. The molecule has 1 unspecified atom stereocenters. The van der Waals surface area contributed by atoms with E-state index >= 15 is 0 Å². The van der Waals surface area contributed by atoms with Crippen molar-refractivity contribution in [3.8, 4) is 0 Å². The molecule has 0 aliphatic carbocycles. The van der Waals surface area contributed by atoms with Gasteiger partial charge in [-0.1, -0.05) is 5.16 Å². The number of nitrogens with one attached hydrogen (secondary N) is 2. The highest BCUT2D eigenvalue weighted by Gasteiger charge is 2.42. The average Bonchev–Trinajstić information content (AvgIpc) is 2.82. The Balaban J connectivity index is 0.000000270. The summed E-state index contributed by atoms with van der Waals surface area (Å²) in [7, 11) is 1.61. The number of oxime groups is 1. The van der Waals surface area contributed by atoms with Crippen molar-refractivity contribution in [2.24, 2.45) is 5.16 Å². The number of carboxylic acids is 1. The first-order valence-corrected chi connectivity index (χ1v) is 6.18. The topological polar surface area (TPSA) is 100 Å². The van der Waals surface area contributed by atoms with E-state index in [-0.39, 0.29) is 11.5 Å². The number of carboxylic acid groups (broad SMARTS) is 1. The van der Waals surface area contributed by atoms with Gasteiger partial charge < -0.3 is 20.6 Å². The summed E-state index contributed by atoms with van der Waals surface area (Å²) in [4.78, 5) is 25.6. The smallest absolute Gasteiger partial charge is 0.475 e. The molecule has 3 N–H and O–H groups in total.